The van der Waals surface area contributed by atoms with Crippen LogP contribution >= 0.6 is 15.9 Å². The van der Waals surface area contributed by atoms with Crippen LogP contribution in [0.1, 0.15) is 21.5 Å². The maximum absolute atomic E-state index is 12.3. The van der Waals surface area contributed by atoms with Crippen LogP contribution in [-0.4, -0.2) is 45.8 Å². The maximum atomic E-state index is 12.3. The van der Waals surface area contributed by atoms with Gasteiger partial charge in [-0.15, -0.1) is 0 Å². The van der Waals surface area contributed by atoms with E-state index in [9.17, 15) is 19.8 Å². The summed E-state index contributed by atoms with van der Waals surface area (Å²) in [4.78, 5) is 32.6. The molecule has 1 unspecified atom stereocenters. The third kappa shape index (κ3) is 6.56. The van der Waals surface area contributed by atoms with Crippen LogP contribution in [0.5, 0.6) is 11.5 Å². The fourth-order valence-electron chi connectivity index (χ4n) is 2.75. The first-order valence-electron chi connectivity index (χ1n) is 9.32. The average molecular weight is 483 g/mol. The zero-order chi connectivity index (χ0) is 22.2. The van der Waals surface area contributed by atoms with E-state index in [4.69, 9.17) is 4.74 Å². The van der Waals surface area contributed by atoms with Crippen LogP contribution in [0.2, 0.25) is 0 Å². The number of pyridine rings is 1. The van der Waals surface area contributed by atoms with Gasteiger partial charge in [0.25, 0.3) is 0 Å². The van der Waals surface area contributed by atoms with Crippen LogP contribution in [0, 0.1) is 0 Å². The van der Waals surface area contributed by atoms with Crippen molar-refractivity contribution in [1.29, 1.82) is 0 Å². The number of hydrogen-bond acceptors (Lipinski definition) is 7. The highest BCUT2D eigenvalue weighted by Gasteiger charge is 2.17. The molecule has 0 aliphatic rings. The van der Waals surface area contributed by atoms with Gasteiger partial charge in [0, 0.05) is 29.5 Å². The summed E-state index contributed by atoms with van der Waals surface area (Å²) in [5.74, 6) is -0.551. The molecule has 31 heavy (non-hydrogen) atoms. The minimum atomic E-state index is -0.796. The van der Waals surface area contributed by atoms with Crippen LogP contribution in [0.25, 0.3) is 0 Å². The summed E-state index contributed by atoms with van der Waals surface area (Å²) in [6.07, 6.45) is 4.74. The van der Waals surface area contributed by atoms with E-state index in [1.807, 2.05) is 0 Å². The molecule has 0 saturated heterocycles. The maximum Gasteiger partial charge on any atom is 0.345 e. The Kier molecular flexibility index (Phi) is 7.64. The first kappa shape index (κ1) is 22.3. The lowest BCUT2D eigenvalue weighted by Crippen LogP contribution is -2.24. The smallest absolute Gasteiger partial charge is 0.345 e. The topological polar surface area (TPSA) is 109 Å². The zero-order valence-electron chi connectivity index (χ0n) is 16.3. The third-order valence-corrected chi connectivity index (χ3v) is 4.76. The second-order valence-corrected chi connectivity index (χ2v) is 7.56. The van der Waals surface area contributed by atoms with E-state index in [0.717, 1.165) is 5.56 Å². The van der Waals surface area contributed by atoms with Crippen LogP contribution in [0.4, 0.5) is 0 Å². The Morgan fingerprint density at radius 1 is 1.16 bits per heavy atom. The monoisotopic (exact) mass is 482 g/mol. The van der Waals surface area contributed by atoms with Gasteiger partial charge in [-0.05, 0) is 53.6 Å². The Bertz CT molecular complexity index is 1080. The summed E-state index contributed by atoms with van der Waals surface area (Å²) >= 11 is 3.37. The van der Waals surface area contributed by atoms with E-state index in [1.54, 1.807) is 48.7 Å². The molecule has 1 heterocycles. The van der Waals surface area contributed by atoms with Gasteiger partial charge in [0.1, 0.15) is 24.1 Å². The molecule has 0 fully saturated rings. The van der Waals surface area contributed by atoms with Crippen molar-refractivity contribution in [1.82, 2.24) is 4.98 Å². The predicted molar refractivity (Wildman–Crippen MR) is 119 cm³/mol. The minimum absolute atomic E-state index is 0.125. The number of hydrogen-bond donors (Lipinski definition) is 2. The lowest BCUT2D eigenvalue weighted by molar-refractivity contribution is -0.122. The van der Waals surface area contributed by atoms with E-state index in [-0.39, 0.29) is 12.2 Å². The highest BCUT2D eigenvalue weighted by atomic mass is 79.9. The Labute approximate surface area is 187 Å². The first-order chi connectivity index (χ1) is 14.9. The van der Waals surface area contributed by atoms with Gasteiger partial charge in [0.2, 0.25) is 0 Å². The van der Waals surface area contributed by atoms with Gasteiger partial charge in [-0.2, -0.15) is 0 Å². The van der Waals surface area contributed by atoms with Crippen LogP contribution in [0.15, 0.2) is 76.5 Å². The summed E-state index contributed by atoms with van der Waals surface area (Å²) in [6, 6.07) is 13.9. The van der Waals surface area contributed by atoms with Gasteiger partial charge < -0.3 is 14.9 Å². The molecule has 2 N–H and O–H groups in total. The number of benzene rings is 2. The van der Waals surface area contributed by atoms with Gasteiger partial charge in [-0.3, -0.25) is 14.8 Å². The molecule has 0 radical (unpaired) electrons. The molecule has 0 aliphatic heterocycles. The molecule has 2 aromatic carbocycles. The largest absolute Gasteiger partial charge is 0.508 e. The van der Waals surface area contributed by atoms with E-state index in [1.165, 1.54) is 24.5 Å². The highest BCUT2D eigenvalue weighted by molar-refractivity contribution is 9.10. The number of carbonyl (C=O) groups excluding carboxylic acids is 2. The minimum Gasteiger partial charge on any atom is -0.508 e. The summed E-state index contributed by atoms with van der Waals surface area (Å²) in [7, 11) is 0. The number of aromatic hydroxyl groups is 1. The number of ether oxygens (including phenoxy) is 1. The van der Waals surface area contributed by atoms with Crippen molar-refractivity contribution in [2.75, 3.05) is 6.61 Å². The molecule has 0 bridgehead atoms. The van der Waals surface area contributed by atoms with Crippen molar-refractivity contribution in [2.24, 2.45) is 4.99 Å². The lowest BCUT2D eigenvalue weighted by atomic mass is 10.0. The van der Waals surface area contributed by atoms with E-state index >= 15 is 0 Å². The first-order valence-corrected chi connectivity index (χ1v) is 10.1. The Morgan fingerprint density at radius 3 is 2.61 bits per heavy atom. The SMILES string of the molecule is O=C(Oc1cc(Br)cc(C=NC(Cc2ccc(O)cc2)C(=O)CO)c1)c1cccnc1. The van der Waals surface area contributed by atoms with E-state index < -0.39 is 24.4 Å². The number of aliphatic hydroxyl groups is 1. The number of phenols is 1. The number of aliphatic hydroxyl groups excluding tert-OH is 1. The fourth-order valence-corrected chi connectivity index (χ4v) is 3.24. The van der Waals surface area contributed by atoms with Crippen molar-refractivity contribution >= 4 is 33.9 Å². The number of nitrogens with zero attached hydrogens (tertiary/aromatic N) is 2. The third-order valence-electron chi connectivity index (χ3n) is 4.30. The fraction of sp³-hybridized carbons (Fsp3) is 0.130. The lowest BCUT2D eigenvalue weighted by Gasteiger charge is -2.11. The summed E-state index contributed by atoms with van der Waals surface area (Å²) < 4.78 is 6.06. The number of aliphatic imine (C=N–C) groups is 1. The van der Waals surface area contributed by atoms with Crippen molar-refractivity contribution in [3.8, 4) is 11.5 Å². The molecular formula is C23H19BrN2O5. The number of phenolic OH excluding ortho intramolecular Hbond substituents is 1. The normalized spacial score (nSPS) is 11.9. The molecule has 8 heteroatoms. The molecular weight excluding hydrogens is 464 g/mol. The molecule has 3 aromatic rings. The van der Waals surface area contributed by atoms with Gasteiger partial charge >= 0.3 is 5.97 Å². The van der Waals surface area contributed by atoms with E-state index in [0.29, 0.717) is 21.3 Å². The van der Waals surface area contributed by atoms with E-state index in [2.05, 4.69) is 25.9 Å². The van der Waals surface area contributed by atoms with Crippen molar-refractivity contribution in [3.63, 3.8) is 0 Å². The predicted octanol–water partition coefficient (Wildman–Crippen LogP) is 3.36. The Balaban J connectivity index is 1.77. The summed E-state index contributed by atoms with van der Waals surface area (Å²) in [5.41, 5.74) is 1.71. The van der Waals surface area contributed by atoms with Crippen LogP contribution < -0.4 is 4.74 Å². The van der Waals surface area contributed by atoms with Gasteiger partial charge in [0.15, 0.2) is 5.78 Å². The molecule has 7 nitrogen and oxygen atoms in total. The Hall–Kier alpha value is -3.36. The Morgan fingerprint density at radius 2 is 1.94 bits per heavy atom. The van der Waals surface area contributed by atoms with Crippen LogP contribution in [-0.2, 0) is 11.2 Å². The second-order valence-electron chi connectivity index (χ2n) is 6.64. The van der Waals surface area contributed by atoms with Crippen LogP contribution in [0.3, 0.4) is 0 Å². The number of rotatable bonds is 8. The van der Waals surface area contributed by atoms with Crippen molar-refractivity contribution in [2.45, 2.75) is 12.5 Å². The van der Waals surface area contributed by atoms with Crippen molar-refractivity contribution < 1.29 is 24.5 Å². The number of halogens is 1. The number of aromatic nitrogens is 1. The molecule has 0 aliphatic carbocycles. The van der Waals surface area contributed by atoms with Gasteiger partial charge in [-0.25, -0.2) is 4.79 Å². The van der Waals surface area contributed by atoms with Crippen molar-refractivity contribution in [3.05, 3.63) is 88.2 Å². The molecule has 1 atom stereocenters. The number of Topliss-reactive ketones (excluding diaryl/α,β-unsaturated/α-hetero) is 1. The number of carbonyl (C=O) groups is 2. The molecule has 3 rings (SSSR count). The molecule has 158 valence electrons. The zero-order valence-corrected chi connectivity index (χ0v) is 17.9. The van der Waals surface area contributed by atoms with Gasteiger partial charge in [0.05, 0.1) is 5.56 Å². The molecule has 0 spiro atoms. The second kappa shape index (κ2) is 10.6. The average Bonchev–Trinajstić information content (AvgIpc) is 2.77. The standard InChI is InChI=1S/C23H19BrN2O5/c24-18-8-16(9-20(11-18)31-23(30)17-2-1-7-25-13-17)12-26-21(22(29)14-27)10-15-3-5-19(28)6-4-15/h1-9,11-13,21,27-28H,10,14H2. The summed E-state index contributed by atoms with van der Waals surface area (Å²) in [5, 5.41) is 18.7. The quantitative estimate of drug-likeness (QED) is 0.289. The molecule has 1 aromatic heterocycles. The number of ketones is 1. The molecule has 0 saturated carbocycles. The highest BCUT2D eigenvalue weighted by Crippen LogP contribution is 2.22. The molecule has 0 amide bonds. The number of esters is 1. The van der Waals surface area contributed by atoms with Gasteiger partial charge in [-0.1, -0.05) is 28.1 Å². The summed E-state index contributed by atoms with van der Waals surface area (Å²) in [6.45, 7) is -0.632.